The van der Waals surface area contributed by atoms with E-state index in [-0.39, 0.29) is 37.4 Å². The number of aliphatic hydroxyl groups is 1. The van der Waals surface area contributed by atoms with Crippen molar-refractivity contribution >= 4 is 34.1 Å². The summed E-state index contributed by atoms with van der Waals surface area (Å²) in [7, 11) is 0. The predicted molar refractivity (Wildman–Crippen MR) is 168 cm³/mol. The Labute approximate surface area is 259 Å². The Bertz CT molecular complexity index is 1820. The molecule has 0 radical (unpaired) electrons. The fraction of sp³-hybridized carbons (Fsp3) is 0.303. The first kappa shape index (κ1) is 29.9. The summed E-state index contributed by atoms with van der Waals surface area (Å²) in [6.45, 7) is 4.60. The van der Waals surface area contributed by atoms with Gasteiger partial charge in [0.1, 0.15) is 23.1 Å². The van der Waals surface area contributed by atoms with Crippen LogP contribution in [0.4, 0.5) is 21.7 Å². The van der Waals surface area contributed by atoms with Crippen molar-refractivity contribution in [1.82, 2.24) is 24.7 Å². The number of nitrogens with zero attached hydrogens (tertiary/aromatic N) is 5. The number of fused-ring (bicyclic) bond motifs is 1. The number of benzene rings is 2. The topological polar surface area (TPSA) is 136 Å². The molecule has 1 fully saturated rings. The van der Waals surface area contributed by atoms with Gasteiger partial charge in [0.2, 0.25) is 5.91 Å². The number of carbonyl (C=O) groups is 1. The maximum atomic E-state index is 15.2. The molecule has 0 bridgehead atoms. The fourth-order valence-electron chi connectivity index (χ4n) is 4.97. The van der Waals surface area contributed by atoms with Crippen LogP contribution in [0.3, 0.4) is 0 Å². The van der Waals surface area contributed by atoms with Crippen molar-refractivity contribution in [2.45, 2.75) is 39.7 Å². The summed E-state index contributed by atoms with van der Waals surface area (Å²) in [4.78, 5) is 25.9. The van der Waals surface area contributed by atoms with E-state index in [1.807, 2.05) is 44.2 Å². The Balaban J connectivity index is 1.34. The zero-order valence-corrected chi connectivity index (χ0v) is 25.1. The lowest BCUT2D eigenvalue weighted by molar-refractivity contribution is -0.117. The van der Waals surface area contributed by atoms with Crippen LogP contribution in [0, 0.1) is 18.7 Å². The summed E-state index contributed by atoms with van der Waals surface area (Å²) >= 11 is 0. The molecule has 12 heteroatoms. The Morgan fingerprint density at radius 3 is 2.76 bits per heavy atom. The molecule has 1 saturated carbocycles. The van der Waals surface area contributed by atoms with Crippen LogP contribution in [0.5, 0.6) is 11.5 Å². The molecule has 0 unspecified atom stereocenters. The van der Waals surface area contributed by atoms with Gasteiger partial charge in [0, 0.05) is 53.9 Å². The molecule has 6 rings (SSSR count). The van der Waals surface area contributed by atoms with E-state index >= 15 is 4.39 Å². The molecule has 11 nitrogen and oxygen atoms in total. The largest absolute Gasteiger partial charge is 0.494 e. The van der Waals surface area contributed by atoms with Crippen LogP contribution in [0.25, 0.3) is 22.4 Å². The van der Waals surface area contributed by atoms with Gasteiger partial charge in [-0.3, -0.25) is 9.48 Å². The number of ether oxygens (including phenoxy) is 2. The van der Waals surface area contributed by atoms with Gasteiger partial charge >= 0.3 is 0 Å². The van der Waals surface area contributed by atoms with Gasteiger partial charge in [-0.1, -0.05) is 18.2 Å². The summed E-state index contributed by atoms with van der Waals surface area (Å²) in [6, 6.07) is 14.4. The fourth-order valence-corrected chi connectivity index (χ4v) is 4.97. The Morgan fingerprint density at radius 2 is 1.98 bits per heavy atom. The van der Waals surface area contributed by atoms with E-state index in [1.165, 1.54) is 6.07 Å². The monoisotopic (exact) mass is 611 g/mol. The summed E-state index contributed by atoms with van der Waals surface area (Å²) in [5.41, 5.74) is 3.22. The van der Waals surface area contributed by atoms with Crippen LogP contribution in [0.15, 0.2) is 60.9 Å². The van der Waals surface area contributed by atoms with Crippen LogP contribution < -0.4 is 20.1 Å². The highest BCUT2D eigenvalue weighted by atomic mass is 19.1. The summed E-state index contributed by atoms with van der Waals surface area (Å²) < 4.78 is 28.4. The molecule has 0 saturated heterocycles. The van der Waals surface area contributed by atoms with Gasteiger partial charge in [0.05, 0.1) is 31.5 Å². The second-order valence-corrected chi connectivity index (χ2v) is 10.8. The van der Waals surface area contributed by atoms with Gasteiger partial charge in [-0.15, -0.1) is 0 Å². The lowest BCUT2D eigenvalue weighted by Crippen LogP contribution is -2.14. The third-order valence-electron chi connectivity index (χ3n) is 7.42. The van der Waals surface area contributed by atoms with Crippen molar-refractivity contribution < 1.29 is 23.8 Å². The second-order valence-electron chi connectivity index (χ2n) is 10.8. The standard InChI is InChI=1S/C33H34FN7O4/c1-3-44-23-15-20(2)25(26(34)17-23)19-41-27-8-5-4-7-24(27)30(40-41)32-36-18-28(45-14-6-13-42)31(39-32)37-22-11-12-35-29(16-22)38-33(43)21-9-10-21/h4-5,7-8,11-12,15-18,21,42H,3,6,9-10,13-14,19H2,1-2H3,(H2,35,36,37,38,39,43). The molecule has 1 aliphatic carbocycles. The number of anilines is 3. The van der Waals surface area contributed by atoms with Gasteiger partial charge in [0.15, 0.2) is 17.4 Å². The van der Waals surface area contributed by atoms with E-state index < -0.39 is 0 Å². The number of rotatable bonds is 13. The van der Waals surface area contributed by atoms with E-state index in [0.717, 1.165) is 29.3 Å². The Morgan fingerprint density at radius 1 is 1.13 bits per heavy atom. The zero-order valence-electron chi connectivity index (χ0n) is 25.1. The Kier molecular flexibility index (Phi) is 8.83. The van der Waals surface area contributed by atoms with Crippen molar-refractivity contribution in [1.29, 1.82) is 0 Å². The number of halogens is 1. The number of aryl methyl sites for hydroxylation is 1. The quantitative estimate of drug-likeness (QED) is 0.145. The van der Waals surface area contributed by atoms with Gasteiger partial charge in [0.25, 0.3) is 0 Å². The van der Waals surface area contributed by atoms with E-state index in [1.54, 1.807) is 29.2 Å². The van der Waals surface area contributed by atoms with Crippen molar-refractivity contribution in [2.24, 2.45) is 5.92 Å². The molecule has 3 aromatic heterocycles. The molecule has 5 aromatic rings. The van der Waals surface area contributed by atoms with E-state index in [4.69, 9.17) is 19.6 Å². The number of hydrogen-bond acceptors (Lipinski definition) is 9. The van der Waals surface area contributed by atoms with Crippen molar-refractivity contribution in [3.8, 4) is 23.0 Å². The minimum absolute atomic E-state index is 0.0199. The molecule has 1 aliphatic rings. The average Bonchev–Trinajstić information content (AvgIpc) is 3.82. The van der Waals surface area contributed by atoms with E-state index in [2.05, 4.69) is 20.6 Å². The highest BCUT2D eigenvalue weighted by Gasteiger charge is 2.29. The SMILES string of the molecule is CCOc1cc(C)c(Cn2nc(-c3ncc(OCCCO)c(Nc4ccnc(NC(=O)C5CC5)c4)n3)c3ccccc32)c(F)c1. The number of nitrogens with one attached hydrogen (secondary N) is 2. The molecule has 232 valence electrons. The molecular formula is C33H34FN7O4. The first-order valence-corrected chi connectivity index (χ1v) is 15.0. The minimum atomic E-state index is -0.364. The van der Waals surface area contributed by atoms with Gasteiger partial charge < -0.3 is 25.2 Å². The summed E-state index contributed by atoms with van der Waals surface area (Å²) in [5, 5.41) is 21.0. The van der Waals surface area contributed by atoms with Crippen LogP contribution in [0.2, 0.25) is 0 Å². The number of aromatic nitrogens is 5. The maximum Gasteiger partial charge on any atom is 0.228 e. The first-order chi connectivity index (χ1) is 21.9. The number of hydrogen-bond donors (Lipinski definition) is 3. The lowest BCUT2D eigenvalue weighted by atomic mass is 10.1. The zero-order chi connectivity index (χ0) is 31.3. The number of para-hydroxylation sites is 1. The normalized spacial score (nSPS) is 12.7. The lowest BCUT2D eigenvalue weighted by Gasteiger charge is -2.13. The highest BCUT2D eigenvalue weighted by molar-refractivity contribution is 5.94. The molecule has 0 spiro atoms. The molecule has 1 amide bonds. The number of carbonyl (C=O) groups excluding carboxylic acids is 1. The molecule has 2 aromatic carbocycles. The minimum Gasteiger partial charge on any atom is -0.494 e. The molecular weight excluding hydrogens is 577 g/mol. The van der Waals surface area contributed by atoms with Gasteiger partial charge in [-0.05, 0) is 50.5 Å². The summed E-state index contributed by atoms with van der Waals surface area (Å²) in [6.07, 6.45) is 5.37. The average molecular weight is 612 g/mol. The van der Waals surface area contributed by atoms with Crippen molar-refractivity contribution in [2.75, 3.05) is 30.5 Å². The van der Waals surface area contributed by atoms with Crippen LogP contribution >= 0.6 is 0 Å². The van der Waals surface area contributed by atoms with Gasteiger partial charge in [-0.2, -0.15) is 5.10 Å². The van der Waals surface area contributed by atoms with Crippen LogP contribution in [-0.2, 0) is 11.3 Å². The van der Waals surface area contributed by atoms with E-state index in [0.29, 0.717) is 58.9 Å². The van der Waals surface area contributed by atoms with E-state index in [9.17, 15) is 9.90 Å². The number of pyridine rings is 1. The number of amides is 1. The third-order valence-corrected chi connectivity index (χ3v) is 7.42. The third kappa shape index (κ3) is 6.86. The molecule has 0 aliphatic heterocycles. The second kappa shape index (κ2) is 13.3. The first-order valence-electron chi connectivity index (χ1n) is 15.0. The van der Waals surface area contributed by atoms with Gasteiger partial charge in [-0.25, -0.2) is 19.3 Å². The molecule has 0 atom stereocenters. The van der Waals surface area contributed by atoms with Crippen molar-refractivity contribution in [3.05, 3.63) is 77.9 Å². The predicted octanol–water partition coefficient (Wildman–Crippen LogP) is 5.64. The number of aliphatic hydroxyl groups excluding tert-OH is 1. The van der Waals surface area contributed by atoms with Crippen LogP contribution in [0.1, 0.15) is 37.3 Å². The van der Waals surface area contributed by atoms with Crippen molar-refractivity contribution in [3.63, 3.8) is 0 Å². The van der Waals surface area contributed by atoms with Crippen LogP contribution in [-0.4, -0.2) is 55.6 Å². The smallest absolute Gasteiger partial charge is 0.228 e. The maximum absolute atomic E-state index is 15.2. The molecule has 3 N–H and O–H groups in total. The highest BCUT2D eigenvalue weighted by Crippen LogP contribution is 2.33. The Hall–Kier alpha value is -5.10. The summed E-state index contributed by atoms with van der Waals surface area (Å²) in [5.74, 6) is 1.64. The molecule has 3 heterocycles. The molecule has 45 heavy (non-hydrogen) atoms.